The molecule has 0 aliphatic rings. The first-order valence-corrected chi connectivity index (χ1v) is 5.95. The summed E-state index contributed by atoms with van der Waals surface area (Å²) >= 11 is 0. The average molecular weight is 261 g/mol. The molecule has 2 rings (SSSR count). The van der Waals surface area contributed by atoms with Gasteiger partial charge in [0.25, 0.3) is 0 Å². The van der Waals surface area contributed by atoms with E-state index >= 15 is 0 Å². The quantitative estimate of drug-likeness (QED) is 0.876. The van der Waals surface area contributed by atoms with Gasteiger partial charge in [0.1, 0.15) is 6.04 Å². The highest BCUT2D eigenvalue weighted by Gasteiger charge is 2.15. The lowest BCUT2D eigenvalue weighted by Gasteiger charge is -2.12. The van der Waals surface area contributed by atoms with E-state index in [1.807, 2.05) is 6.92 Å². The highest BCUT2D eigenvalue weighted by Crippen LogP contribution is 2.11. The Kier molecular flexibility index (Phi) is 4.07. The van der Waals surface area contributed by atoms with Crippen molar-refractivity contribution < 1.29 is 9.53 Å². The van der Waals surface area contributed by atoms with E-state index in [4.69, 9.17) is 4.74 Å². The lowest BCUT2D eigenvalue weighted by Crippen LogP contribution is -2.24. The second-order valence-corrected chi connectivity index (χ2v) is 3.84. The fourth-order valence-electron chi connectivity index (χ4n) is 1.46. The Morgan fingerprint density at radius 2 is 2.21 bits per heavy atom. The monoisotopic (exact) mass is 261 g/mol. The van der Waals surface area contributed by atoms with Crippen molar-refractivity contribution in [2.45, 2.75) is 19.9 Å². The number of ether oxygens (including phenoxy) is 1. The minimum atomic E-state index is -0.401. The third-order valence-corrected chi connectivity index (χ3v) is 2.47. The first-order valence-electron chi connectivity index (χ1n) is 5.95. The van der Waals surface area contributed by atoms with Crippen molar-refractivity contribution in [3.8, 4) is 6.01 Å². The molecule has 1 unspecified atom stereocenters. The molecule has 7 nitrogen and oxygen atoms in total. The molecule has 1 N–H and O–H groups in total. The van der Waals surface area contributed by atoms with Crippen LogP contribution in [0.25, 0.3) is 0 Å². The van der Waals surface area contributed by atoms with Crippen LogP contribution in [0.1, 0.15) is 19.9 Å². The molecule has 0 fully saturated rings. The number of hydrogen-bond acceptors (Lipinski definition) is 5. The largest absolute Gasteiger partial charge is 0.464 e. The van der Waals surface area contributed by atoms with E-state index in [-0.39, 0.29) is 5.91 Å². The van der Waals surface area contributed by atoms with Gasteiger partial charge in [-0.25, -0.2) is 9.97 Å². The van der Waals surface area contributed by atoms with Gasteiger partial charge >= 0.3 is 6.01 Å². The Bertz CT molecular complexity index is 524. The highest BCUT2D eigenvalue weighted by atomic mass is 16.5. The highest BCUT2D eigenvalue weighted by molar-refractivity contribution is 5.93. The summed E-state index contributed by atoms with van der Waals surface area (Å²) in [4.78, 5) is 19.9. The predicted molar refractivity (Wildman–Crippen MR) is 68.8 cm³/mol. The van der Waals surface area contributed by atoms with Gasteiger partial charge in [-0.1, -0.05) is 0 Å². The van der Waals surface area contributed by atoms with Crippen LogP contribution in [0.15, 0.2) is 30.9 Å². The van der Waals surface area contributed by atoms with E-state index in [9.17, 15) is 4.79 Å². The van der Waals surface area contributed by atoms with Crippen LogP contribution < -0.4 is 10.1 Å². The van der Waals surface area contributed by atoms with Gasteiger partial charge < -0.3 is 10.1 Å². The summed E-state index contributed by atoms with van der Waals surface area (Å²) in [6, 6.07) is 1.66. The van der Waals surface area contributed by atoms with E-state index in [1.54, 1.807) is 30.1 Å². The number of rotatable bonds is 5. The maximum Gasteiger partial charge on any atom is 0.316 e. The average Bonchev–Trinajstić information content (AvgIpc) is 2.94. The van der Waals surface area contributed by atoms with Gasteiger partial charge in [-0.05, 0) is 19.9 Å². The molecule has 0 aliphatic heterocycles. The Balaban J connectivity index is 1.98. The molecule has 2 aromatic heterocycles. The van der Waals surface area contributed by atoms with E-state index in [1.165, 1.54) is 12.4 Å². The number of aromatic nitrogens is 4. The molecule has 0 aromatic carbocycles. The van der Waals surface area contributed by atoms with Crippen molar-refractivity contribution in [1.82, 2.24) is 19.7 Å². The van der Waals surface area contributed by atoms with Crippen LogP contribution in [0.5, 0.6) is 6.01 Å². The lowest BCUT2D eigenvalue weighted by molar-refractivity contribution is -0.119. The summed E-state index contributed by atoms with van der Waals surface area (Å²) in [6.07, 6.45) is 6.38. The fourth-order valence-corrected chi connectivity index (χ4v) is 1.46. The summed E-state index contributed by atoms with van der Waals surface area (Å²) in [5.74, 6) is -0.184. The number of anilines is 1. The van der Waals surface area contributed by atoms with Crippen molar-refractivity contribution in [1.29, 1.82) is 0 Å². The fraction of sp³-hybridized carbons (Fsp3) is 0.333. The van der Waals surface area contributed by atoms with Crippen LogP contribution in [-0.4, -0.2) is 32.3 Å². The Labute approximate surface area is 110 Å². The maximum atomic E-state index is 12.0. The lowest BCUT2D eigenvalue weighted by atomic mass is 10.3. The summed E-state index contributed by atoms with van der Waals surface area (Å²) in [6.45, 7) is 4.12. The molecule has 0 aliphatic carbocycles. The molecule has 100 valence electrons. The zero-order valence-corrected chi connectivity index (χ0v) is 10.8. The topological polar surface area (TPSA) is 81.9 Å². The molecule has 7 heteroatoms. The number of carbonyl (C=O) groups excluding carboxylic acids is 1. The first-order chi connectivity index (χ1) is 9.20. The third-order valence-electron chi connectivity index (χ3n) is 2.47. The molecule has 2 aromatic rings. The normalized spacial score (nSPS) is 11.9. The number of amides is 1. The van der Waals surface area contributed by atoms with E-state index in [2.05, 4.69) is 20.4 Å². The van der Waals surface area contributed by atoms with E-state index < -0.39 is 6.04 Å². The van der Waals surface area contributed by atoms with Crippen LogP contribution >= 0.6 is 0 Å². The molecule has 1 amide bonds. The molecule has 1 atom stereocenters. The van der Waals surface area contributed by atoms with Crippen molar-refractivity contribution in [2.75, 3.05) is 11.9 Å². The van der Waals surface area contributed by atoms with Gasteiger partial charge in [0, 0.05) is 12.4 Å². The molecule has 0 spiro atoms. The SMILES string of the molecule is CCOc1ncc(NC(=O)C(C)n2cccn2)cn1. The smallest absolute Gasteiger partial charge is 0.316 e. The van der Waals surface area contributed by atoms with Crippen LogP contribution in [-0.2, 0) is 4.79 Å². The Hall–Kier alpha value is -2.44. The number of nitrogens with zero attached hydrogens (tertiary/aromatic N) is 4. The van der Waals surface area contributed by atoms with Gasteiger partial charge in [0.15, 0.2) is 0 Å². The van der Waals surface area contributed by atoms with Gasteiger partial charge in [0.05, 0.1) is 24.7 Å². The second kappa shape index (κ2) is 5.94. The summed E-state index contributed by atoms with van der Waals surface area (Å²) in [5.41, 5.74) is 0.521. The van der Waals surface area contributed by atoms with Crippen molar-refractivity contribution in [3.05, 3.63) is 30.9 Å². The zero-order valence-electron chi connectivity index (χ0n) is 10.8. The van der Waals surface area contributed by atoms with Gasteiger partial charge in [-0.2, -0.15) is 5.10 Å². The predicted octanol–water partition coefficient (Wildman–Crippen LogP) is 1.27. The summed E-state index contributed by atoms with van der Waals surface area (Å²) in [7, 11) is 0. The standard InChI is InChI=1S/C12H15N5O2/c1-3-19-12-13-7-10(8-14-12)16-11(18)9(2)17-6-4-5-15-17/h4-9H,3H2,1-2H3,(H,16,18). The molecule has 0 bridgehead atoms. The zero-order chi connectivity index (χ0) is 13.7. The third kappa shape index (κ3) is 3.27. The van der Waals surface area contributed by atoms with Crippen molar-refractivity contribution in [2.24, 2.45) is 0 Å². The molecular weight excluding hydrogens is 246 g/mol. The van der Waals surface area contributed by atoms with Gasteiger partial charge in [0.2, 0.25) is 5.91 Å². The van der Waals surface area contributed by atoms with Crippen molar-refractivity contribution in [3.63, 3.8) is 0 Å². The second-order valence-electron chi connectivity index (χ2n) is 3.84. The maximum absolute atomic E-state index is 12.0. The minimum Gasteiger partial charge on any atom is -0.464 e. The molecule has 2 heterocycles. The minimum absolute atomic E-state index is 0.184. The first kappa shape index (κ1) is 13.0. The summed E-state index contributed by atoms with van der Waals surface area (Å²) in [5, 5.41) is 6.74. The molecule has 0 saturated carbocycles. The molecule has 19 heavy (non-hydrogen) atoms. The van der Waals surface area contributed by atoms with Crippen molar-refractivity contribution >= 4 is 11.6 Å². The summed E-state index contributed by atoms with van der Waals surface area (Å²) < 4.78 is 6.70. The number of hydrogen-bond donors (Lipinski definition) is 1. The Morgan fingerprint density at radius 3 is 2.79 bits per heavy atom. The molecule has 0 radical (unpaired) electrons. The van der Waals surface area contributed by atoms with Crippen LogP contribution in [0.4, 0.5) is 5.69 Å². The van der Waals surface area contributed by atoms with Crippen LogP contribution in [0.2, 0.25) is 0 Å². The molecule has 0 saturated heterocycles. The number of nitrogens with one attached hydrogen (secondary N) is 1. The van der Waals surface area contributed by atoms with Gasteiger partial charge in [-0.15, -0.1) is 0 Å². The van der Waals surface area contributed by atoms with Crippen LogP contribution in [0, 0.1) is 0 Å². The number of carbonyl (C=O) groups is 1. The van der Waals surface area contributed by atoms with Gasteiger partial charge in [-0.3, -0.25) is 9.48 Å². The molecular formula is C12H15N5O2. The van der Waals surface area contributed by atoms with E-state index in [0.29, 0.717) is 18.3 Å². The van der Waals surface area contributed by atoms with Crippen LogP contribution in [0.3, 0.4) is 0 Å². The Morgan fingerprint density at radius 1 is 1.47 bits per heavy atom. The van der Waals surface area contributed by atoms with E-state index in [0.717, 1.165) is 0 Å².